The smallest absolute Gasteiger partial charge is 0.744 e. The van der Waals surface area contributed by atoms with Crippen LogP contribution in [0, 0.1) is 0 Å². The molecule has 8 nitrogen and oxygen atoms in total. The minimum atomic E-state index is -4.96. The van der Waals surface area contributed by atoms with E-state index >= 15 is 0 Å². The van der Waals surface area contributed by atoms with Crippen LogP contribution in [0.1, 0.15) is 0 Å². The normalized spacial score (nSPS) is 11.6. The Bertz CT molecular complexity index is 914. The topological polar surface area (TPSA) is 153 Å². The summed E-state index contributed by atoms with van der Waals surface area (Å²) in [6, 6.07) is 9.61. The van der Waals surface area contributed by atoms with Gasteiger partial charge >= 0.3 is 51.4 Å². The molecule has 0 aromatic heterocycles. The zero-order chi connectivity index (χ0) is 16.5. The van der Waals surface area contributed by atoms with Crippen LogP contribution in [0.2, 0.25) is 0 Å². The maximum atomic E-state index is 11.6. The second-order valence-electron chi connectivity index (χ2n) is 4.25. The molecule has 0 aliphatic heterocycles. The van der Waals surface area contributed by atoms with E-state index in [1.165, 1.54) is 0 Å². The van der Waals surface area contributed by atoms with E-state index in [-0.39, 0.29) is 62.9 Å². The number of ether oxygens (including phenoxy) is 1. The maximum Gasteiger partial charge on any atom is 1.00 e. The van der Waals surface area contributed by atoms with Gasteiger partial charge in [0, 0.05) is 6.07 Å². The van der Waals surface area contributed by atoms with E-state index in [0.29, 0.717) is 6.07 Å². The molecule has 0 fully saturated rings. The first-order chi connectivity index (χ1) is 10.1. The van der Waals surface area contributed by atoms with Crippen molar-refractivity contribution in [2.24, 2.45) is 5.14 Å². The van der Waals surface area contributed by atoms with E-state index in [4.69, 9.17) is 15.6 Å². The molecule has 0 saturated carbocycles. The van der Waals surface area contributed by atoms with Gasteiger partial charge in [-0.3, -0.25) is 0 Å². The Labute approximate surface area is 176 Å². The largest absolute Gasteiger partial charge is 1.00 e. The molecule has 0 saturated heterocycles. The van der Waals surface area contributed by atoms with Gasteiger partial charge in [-0.25, -0.2) is 22.0 Å². The molecule has 0 aliphatic rings. The number of primary sulfonamides is 1. The molecule has 23 heavy (non-hydrogen) atoms. The molecule has 0 unspecified atom stereocenters. The second-order valence-corrected chi connectivity index (χ2v) is 7.13. The van der Waals surface area contributed by atoms with E-state index in [1.807, 2.05) is 0 Å². The van der Waals surface area contributed by atoms with Crippen LogP contribution in [-0.2, 0) is 20.1 Å². The Morgan fingerprint density at radius 1 is 0.957 bits per heavy atom. The van der Waals surface area contributed by atoms with Gasteiger partial charge in [-0.2, -0.15) is 0 Å². The summed E-state index contributed by atoms with van der Waals surface area (Å²) in [4.78, 5) is -1.53. The van der Waals surface area contributed by atoms with Crippen molar-refractivity contribution in [3.8, 4) is 11.5 Å². The van der Waals surface area contributed by atoms with Crippen LogP contribution in [0.4, 0.5) is 5.69 Å². The van der Waals surface area contributed by atoms with Gasteiger partial charge in [0.1, 0.15) is 26.5 Å². The van der Waals surface area contributed by atoms with Crippen molar-refractivity contribution in [3.63, 3.8) is 0 Å². The summed E-state index contributed by atoms with van der Waals surface area (Å²) in [6.45, 7) is 0. The zero-order valence-corrected chi connectivity index (χ0v) is 16.7. The van der Waals surface area contributed by atoms with Crippen molar-refractivity contribution in [2.45, 2.75) is 9.79 Å². The molecule has 0 bridgehead atoms. The number of nitrogen functional groups attached to an aromatic ring is 1. The van der Waals surface area contributed by atoms with E-state index < -0.39 is 35.6 Å². The fourth-order valence-corrected chi connectivity index (χ4v) is 3.04. The summed E-state index contributed by atoms with van der Waals surface area (Å²) < 4.78 is 61.8. The number of rotatable bonds is 4. The van der Waals surface area contributed by atoms with Gasteiger partial charge in [0.25, 0.3) is 0 Å². The standard InChI is InChI=1S/C12H12N2O6S2.K/c13-9-6-10(20-8-4-2-1-3-5-8)12(21(14,15)16)7-11(9)22(17,18)19;/h1-7H,13H2,(H2,14,15,16)(H,17,18,19);/q;+1/p-1. The maximum absolute atomic E-state index is 11.6. The summed E-state index contributed by atoms with van der Waals surface area (Å²) >= 11 is 0. The molecular formula is C12H11KN2O6S2. The number of hydrogen-bond acceptors (Lipinski definition) is 7. The van der Waals surface area contributed by atoms with Crippen LogP contribution in [0.5, 0.6) is 11.5 Å². The Hall–Kier alpha value is -0.504. The Kier molecular flexibility index (Phi) is 6.78. The SMILES string of the molecule is Nc1cc(Oc2ccccc2)c(S(N)(=O)=O)cc1S(=O)(=O)[O-].[K+]. The van der Waals surface area contributed by atoms with Crippen LogP contribution < -0.4 is 67.0 Å². The molecule has 0 amide bonds. The summed E-state index contributed by atoms with van der Waals surface area (Å²) in [5, 5.41) is 5.03. The third-order valence-electron chi connectivity index (χ3n) is 2.62. The monoisotopic (exact) mass is 382 g/mol. The molecule has 4 N–H and O–H groups in total. The van der Waals surface area contributed by atoms with Gasteiger partial charge in [0.05, 0.1) is 10.6 Å². The van der Waals surface area contributed by atoms with Crippen molar-refractivity contribution in [1.29, 1.82) is 0 Å². The third kappa shape index (κ3) is 5.24. The van der Waals surface area contributed by atoms with Gasteiger partial charge in [0.2, 0.25) is 10.0 Å². The summed E-state index contributed by atoms with van der Waals surface area (Å²) in [5.74, 6) is 0.00290. The molecule has 2 aromatic rings. The number of anilines is 1. The number of sulfonamides is 1. The van der Waals surface area contributed by atoms with Crippen LogP contribution in [0.15, 0.2) is 52.3 Å². The minimum Gasteiger partial charge on any atom is -0.744 e. The average Bonchev–Trinajstić information content (AvgIpc) is 2.37. The molecule has 0 radical (unpaired) electrons. The predicted molar refractivity (Wildman–Crippen MR) is 76.7 cm³/mol. The molecule has 0 heterocycles. The van der Waals surface area contributed by atoms with E-state index in [2.05, 4.69) is 0 Å². The van der Waals surface area contributed by atoms with E-state index in [9.17, 15) is 21.4 Å². The van der Waals surface area contributed by atoms with Crippen LogP contribution >= 0.6 is 0 Å². The number of para-hydroxylation sites is 1. The third-order valence-corrected chi connectivity index (χ3v) is 4.45. The number of benzene rings is 2. The second kappa shape index (κ2) is 7.59. The van der Waals surface area contributed by atoms with Gasteiger partial charge in [-0.15, -0.1) is 0 Å². The average molecular weight is 382 g/mol. The van der Waals surface area contributed by atoms with Crippen molar-refractivity contribution in [3.05, 3.63) is 42.5 Å². The van der Waals surface area contributed by atoms with Crippen molar-refractivity contribution >= 4 is 25.8 Å². The first kappa shape index (κ1) is 20.5. The van der Waals surface area contributed by atoms with E-state index in [0.717, 1.165) is 6.07 Å². The summed E-state index contributed by atoms with van der Waals surface area (Å²) in [5.41, 5.74) is 5.04. The van der Waals surface area contributed by atoms with Crippen LogP contribution in [-0.4, -0.2) is 21.4 Å². The first-order valence-corrected chi connectivity index (χ1v) is 8.69. The predicted octanol–water partition coefficient (Wildman–Crippen LogP) is -2.38. The minimum absolute atomic E-state index is 0. The summed E-state index contributed by atoms with van der Waals surface area (Å²) in [6.07, 6.45) is 0. The molecule has 0 aliphatic carbocycles. The molecule has 118 valence electrons. The molecule has 0 atom stereocenters. The zero-order valence-electron chi connectivity index (χ0n) is 12.0. The molecule has 2 rings (SSSR count). The van der Waals surface area contributed by atoms with Crippen molar-refractivity contribution in [1.82, 2.24) is 0 Å². The first-order valence-electron chi connectivity index (χ1n) is 5.74. The van der Waals surface area contributed by atoms with Gasteiger partial charge in [0.15, 0.2) is 0 Å². The van der Waals surface area contributed by atoms with E-state index in [1.54, 1.807) is 30.3 Å². The molecule has 11 heteroatoms. The van der Waals surface area contributed by atoms with Crippen LogP contribution in [0.25, 0.3) is 0 Å². The van der Waals surface area contributed by atoms with Gasteiger partial charge in [-0.05, 0) is 18.2 Å². The van der Waals surface area contributed by atoms with Gasteiger partial charge in [-0.1, -0.05) is 18.2 Å². The molecular weight excluding hydrogens is 371 g/mol. The Balaban J connectivity index is 0.00000264. The van der Waals surface area contributed by atoms with Crippen molar-refractivity contribution < 1.29 is 77.5 Å². The van der Waals surface area contributed by atoms with Crippen LogP contribution in [0.3, 0.4) is 0 Å². The number of nitrogens with two attached hydrogens (primary N) is 2. The Morgan fingerprint density at radius 2 is 1.52 bits per heavy atom. The van der Waals surface area contributed by atoms with Gasteiger partial charge < -0.3 is 15.0 Å². The molecule has 2 aromatic carbocycles. The quantitative estimate of drug-likeness (QED) is 0.340. The Morgan fingerprint density at radius 3 is 2.00 bits per heavy atom. The fraction of sp³-hybridized carbons (Fsp3) is 0. The van der Waals surface area contributed by atoms with Crippen molar-refractivity contribution in [2.75, 3.05) is 5.73 Å². The summed E-state index contributed by atoms with van der Waals surface area (Å²) in [7, 11) is -9.29. The fourth-order valence-electron chi connectivity index (χ4n) is 1.69. The molecule has 0 spiro atoms. The number of hydrogen-bond donors (Lipinski definition) is 2.